The third kappa shape index (κ3) is 3.02. The molecule has 0 aliphatic carbocycles. The van der Waals surface area contributed by atoms with Gasteiger partial charge in [-0.1, -0.05) is 11.8 Å². The summed E-state index contributed by atoms with van der Waals surface area (Å²) in [6.45, 7) is -0.0496. The number of carboxylic acids is 1. The maximum Gasteiger partial charge on any atom is 0.325 e. The van der Waals surface area contributed by atoms with Gasteiger partial charge >= 0.3 is 11.9 Å². The molecule has 0 aromatic carbocycles. The van der Waals surface area contributed by atoms with Crippen molar-refractivity contribution in [2.45, 2.75) is 11.7 Å². The number of hydrogen-bond acceptors (Lipinski definition) is 6. The van der Waals surface area contributed by atoms with Gasteiger partial charge in [0.05, 0.1) is 12.9 Å². The van der Waals surface area contributed by atoms with Crippen LogP contribution in [0.5, 0.6) is 0 Å². The Hall–Kier alpha value is -2.09. The number of carbonyl (C=O) groups excluding carboxylic acids is 1. The molecule has 0 atom stereocenters. The van der Waals surface area contributed by atoms with Crippen LogP contribution in [-0.2, 0) is 20.9 Å². The molecule has 1 N–H and O–H groups in total. The summed E-state index contributed by atoms with van der Waals surface area (Å²) in [4.78, 5) is 30.4. The van der Waals surface area contributed by atoms with Crippen LogP contribution in [0.3, 0.4) is 0 Å². The van der Waals surface area contributed by atoms with Crippen LogP contribution in [-0.4, -0.2) is 44.4 Å². The smallest absolute Gasteiger partial charge is 0.325 e. The third-order valence-corrected chi connectivity index (χ3v) is 3.27. The molecule has 8 heteroatoms. The number of hydrogen-bond donors (Lipinski definition) is 1. The molecular formula is C11H11N3O4S. The summed E-state index contributed by atoms with van der Waals surface area (Å²) in [5.74, 6) is -1.53. The highest BCUT2D eigenvalue weighted by molar-refractivity contribution is 7.99. The van der Waals surface area contributed by atoms with Crippen LogP contribution in [0.2, 0.25) is 0 Å². The van der Waals surface area contributed by atoms with Crippen molar-refractivity contribution in [2.24, 2.45) is 0 Å². The number of fused-ring (bicyclic) bond motifs is 1. The molecule has 0 aliphatic heterocycles. The van der Waals surface area contributed by atoms with Crippen molar-refractivity contribution in [1.82, 2.24) is 14.5 Å². The number of pyridine rings is 1. The number of imidazole rings is 1. The van der Waals surface area contributed by atoms with Gasteiger partial charge in [-0.2, -0.15) is 0 Å². The fourth-order valence-corrected chi connectivity index (χ4v) is 2.23. The van der Waals surface area contributed by atoms with Gasteiger partial charge in [0.25, 0.3) is 0 Å². The highest BCUT2D eigenvalue weighted by atomic mass is 32.2. The van der Waals surface area contributed by atoms with E-state index < -0.39 is 11.9 Å². The van der Waals surface area contributed by atoms with Crippen molar-refractivity contribution in [3.05, 3.63) is 18.3 Å². The molecule has 19 heavy (non-hydrogen) atoms. The summed E-state index contributed by atoms with van der Waals surface area (Å²) in [7, 11) is 1.29. The number of aromatic nitrogens is 3. The molecule has 100 valence electrons. The second-order valence-electron chi connectivity index (χ2n) is 3.59. The minimum Gasteiger partial charge on any atom is -0.481 e. The predicted molar refractivity (Wildman–Crippen MR) is 67.9 cm³/mol. The molecule has 2 rings (SSSR count). The van der Waals surface area contributed by atoms with E-state index in [0.717, 1.165) is 11.8 Å². The molecular weight excluding hydrogens is 270 g/mol. The Kier molecular flexibility index (Phi) is 4.00. The Morgan fingerprint density at radius 3 is 3.00 bits per heavy atom. The highest BCUT2D eigenvalue weighted by Gasteiger charge is 2.16. The van der Waals surface area contributed by atoms with E-state index in [2.05, 4.69) is 14.7 Å². The third-order valence-electron chi connectivity index (χ3n) is 2.31. The van der Waals surface area contributed by atoms with Gasteiger partial charge in [0.2, 0.25) is 0 Å². The number of rotatable bonds is 5. The maximum absolute atomic E-state index is 11.4. The lowest BCUT2D eigenvalue weighted by molar-refractivity contribution is -0.141. The number of ether oxygens (including phenoxy) is 1. The predicted octanol–water partition coefficient (Wildman–Crippen LogP) is 0.781. The minimum atomic E-state index is -0.949. The second kappa shape index (κ2) is 5.70. The van der Waals surface area contributed by atoms with Crippen molar-refractivity contribution in [3.63, 3.8) is 0 Å². The van der Waals surface area contributed by atoms with Crippen molar-refractivity contribution in [3.8, 4) is 0 Å². The van der Waals surface area contributed by atoms with E-state index in [-0.39, 0.29) is 12.3 Å². The van der Waals surface area contributed by atoms with Crippen LogP contribution in [0.4, 0.5) is 0 Å². The first kappa shape index (κ1) is 13.3. The number of thioether (sulfide) groups is 1. The summed E-state index contributed by atoms with van der Waals surface area (Å²) < 4.78 is 6.16. The number of esters is 1. The van der Waals surface area contributed by atoms with Crippen molar-refractivity contribution in [2.75, 3.05) is 12.9 Å². The largest absolute Gasteiger partial charge is 0.481 e. The Morgan fingerprint density at radius 1 is 1.53 bits per heavy atom. The quantitative estimate of drug-likeness (QED) is 0.639. The van der Waals surface area contributed by atoms with E-state index in [4.69, 9.17) is 5.11 Å². The van der Waals surface area contributed by atoms with E-state index in [1.54, 1.807) is 22.9 Å². The molecule has 2 aromatic heterocycles. The Bertz CT molecular complexity index is 625. The van der Waals surface area contributed by atoms with E-state index in [1.807, 2.05) is 0 Å². The lowest BCUT2D eigenvalue weighted by atomic mass is 10.4. The molecule has 0 amide bonds. The van der Waals surface area contributed by atoms with Crippen LogP contribution in [0, 0.1) is 0 Å². The number of nitrogens with zero attached hydrogens (tertiary/aromatic N) is 3. The monoisotopic (exact) mass is 281 g/mol. The normalized spacial score (nSPS) is 10.6. The Balaban J connectivity index is 2.39. The fourth-order valence-electron chi connectivity index (χ4n) is 1.51. The highest BCUT2D eigenvalue weighted by Crippen LogP contribution is 2.22. The topological polar surface area (TPSA) is 94.3 Å². The number of aliphatic carboxylic acids is 1. The van der Waals surface area contributed by atoms with Crippen LogP contribution in [0.25, 0.3) is 11.2 Å². The van der Waals surface area contributed by atoms with E-state index in [0.29, 0.717) is 16.3 Å². The van der Waals surface area contributed by atoms with Gasteiger partial charge in [-0.3, -0.25) is 14.2 Å². The first-order valence-electron chi connectivity index (χ1n) is 5.34. The minimum absolute atomic E-state index is 0.0496. The lowest BCUT2D eigenvalue weighted by Gasteiger charge is -2.05. The Morgan fingerprint density at radius 2 is 2.32 bits per heavy atom. The first-order valence-corrected chi connectivity index (χ1v) is 6.33. The zero-order valence-electron chi connectivity index (χ0n) is 10.1. The van der Waals surface area contributed by atoms with Crippen LogP contribution in [0.15, 0.2) is 23.5 Å². The fraction of sp³-hybridized carbons (Fsp3) is 0.273. The van der Waals surface area contributed by atoms with Gasteiger partial charge in [-0.15, -0.1) is 0 Å². The maximum atomic E-state index is 11.4. The van der Waals surface area contributed by atoms with Gasteiger partial charge in [-0.05, 0) is 12.1 Å². The first-order chi connectivity index (χ1) is 9.11. The van der Waals surface area contributed by atoms with Crippen LogP contribution in [0.1, 0.15) is 0 Å². The summed E-state index contributed by atoms with van der Waals surface area (Å²) in [5, 5.41) is 9.14. The van der Waals surface area contributed by atoms with Crippen molar-refractivity contribution in [1.29, 1.82) is 0 Å². The standard InChI is InChI=1S/C11H11N3O4S/c1-18-9(17)5-14-10-7(3-2-4-12-10)13-11(14)19-6-8(15)16/h2-4H,5-6H2,1H3,(H,15,16). The number of carbonyl (C=O) groups is 2. The molecule has 7 nitrogen and oxygen atoms in total. The summed E-state index contributed by atoms with van der Waals surface area (Å²) in [6.07, 6.45) is 1.59. The SMILES string of the molecule is COC(=O)Cn1c(SCC(=O)O)nc2cccnc21. The van der Waals surface area contributed by atoms with Gasteiger partial charge in [0.15, 0.2) is 10.8 Å². The number of carboxylic acid groups (broad SMARTS) is 1. The number of methoxy groups -OCH3 is 1. The Labute approximate surface area is 112 Å². The molecule has 0 aliphatic rings. The average Bonchev–Trinajstić information content (AvgIpc) is 2.74. The van der Waals surface area contributed by atoms with Crippen molar-refractivity contribution < 1.29 is 19.4 Å². The molecule has 0 bridgehead atoms. The second-order valence-corrected chi connectivity index (χ2v) is 4.53. The molecule has 0 spiro atoms. The molecule has 0 fully saturated rings. The summed E-state index contributed by atoms with van der Waals surface area (Å²) in [6, 6.07) is 3.48. The average molecular weight is 281 g/mol. The van der Waals surface area contributed by atoms with E-state index >= 15 is 0 Å². The molecule has 0 unspecified atom stereocenters. The molecule has 2 aromatic rings. The molecule has 0 radical (unpaired) electrons. The van der Waals surface area contributed by atoms with Gasteiger partial charge in [0.1, 0.15) is 12.1 Å². The summed E-state index contributed by atoms with van der Waals surface area (Å²) >= 11 is 1.04. The summed E-state index contributed by atoms with van der Waals surface area (Å²) in [5.41, 5.74) is 1.14. The van der Waals surface area contributed by atoms with E-state index in [1.165, 1.54) is 7.11 Å². The molecule has 0 saturated heterocycles. The molecule has 0 saturated carbocycles. The van der Waals surface area contributed by atoms with Gasteiger partial charge in [-0.25, -0.2) is 9.97 Å². The zero-order chi connectivity index (χ0) is 13.8. The van der Waals surface area contributed by atoms with Gasteiger partial charge in [0, 0.05) is 6.20 Å². The molecule has 2 heterocycles. The zero-order valence-corrected chi connectivity index (χ0v) is 10.9. The van der Waals surface area contributed by atoms with Crippen molar-refractivity contribution >= 4 is 34.9 Å². The van der Waals surface area contributed by atoms with Gasteiger partial charge < -0.3 is 9.84 Å². The van der Waals surface area contributed by atoms with E-state index in [9.17, 15) is 9.59 Å². The lowest BCUT2D eigenvalue weighted by Crippen LogP contribution is -2.13. The van der Waals surface area contributed by atoms with Crippen LogP contribution >= 0.6 is 11.8 Å². The van der Waals surface area contributed by atoms with Crippen LogP contribution < -0.4 is 0 Å².